The smallest absolute Gasteiger partial charge is 0.240 e. The van der Waals surface area contributed by atoms with Crippen molar-refractivity contribution in [1.82, 2.24) is 0 Å². The molecule has 8 heteroatoms. The predicted octanol–water partition coefficient (Wildman–Crippen LogP) is 1.67. The number of nitrogens with one attached hydrogen (secondary N) is 1. The number of nitrogens with two attached hydrogens (primary N) is 2. The summed E-state index contributed by atoms with van der Waals surface area (Å²) in [6.07, 6.45) is 0. The van der Waals surface area contributed by atoms with Crippen LogP contribution in [0.2, 0.25) is 0 Å². The van der Waals surface area contributed by atoms with Gasteiger partial charge in [0.2, 0.25) is 10.0 Å². The van der Waals surface area contributed by atoms with Crippen LogP contribution in [0, 0.1) is 17.1 Å². The van der Waals surface area contributed by atoms with Gasteiger partial charge in [-0.05, 0) is 36.4 Å². The van der Waals surface area contributed by atoms with E-state index in [-0.39, 0.29) is 27.5 Å². The zero-order valence-electron chi connectivity index (χ0n) is 10.7. The van der Waals surface area contributed by atoms with Crippen LogP contribution in [0.1, 0.15) is 5.56 Å². The molecule has 0 amide bonds. The van der Waals surface area contributed by atoms with Gasteiger partial charge in [-0.1, -0.05) is 0 Å². The number of benzene rings is 2. The number of halogens is 1. The minimum atomic E-state index is -4.02. The molecule has 6 nitrogen and oxygen atoms in total. The highest BCUT2D eigenvalue weighted by Gasteiger charge is 2.15. The lowest BCUT2D eigenvalue weighted by molar-refractivity contribution is 0.598. The molecule has 0 fully saturated rings. The second kappa shape index (κ2) is 5.40. The summed E-state index contributed by atoms with van der Waals surface area (Å²) in [6.45, 7) is 0. The molecule has 0 aliphatic carbocycles. The fourth-order valence-electron chi connectivity index (χ4n) is 1.71. The number of anilines is 3. The first-order valence-electron chi connectivity index (χ1n) is 5.70. The third-order valence-electron chi connectivity index (χ3n) is 2.68. The molecular weight excluding hydrogens is 295 g/mol. The average Bonchev–Trinajstić information content (AvgIpc) is 2.41. The fraction of sp³-hybridized carbons (Fsp3) is 0. The quantitative estimate of drug-likeness (QED) is 0.744. The zero-order valence-corrected chi connectivity index (χ0v) is 11.5. The molecular formula is C13H11FN4O2S. The Balaban J connectivity index is 2.48. The van der Waals surface area contributed by atoms with Gasteiger partial charge in [-0.15, -0.1) is 0 Å². The van der Waals surface area contributed by atoms with E-state index < -0.39 is 15.8 Å². The van der Waals surface area contributed by atoms with E-state index in [1.807, 2.05) is 0 Å². The van der Waals surface area contributed by atoms with Crippen LogP contribution in [0.4, 0.5) is 21.5 Å². The average molecular weight is 306 g/mol. The molecule has 0 saturated carbocycles. The molecule has 0 aliphatic rings. The summed E-state index contributed by atoms with van der Waals surface area (Å²) in [5.41, 5.74) is 6.01. The van der Waals surface area contributed by atoms with Gasteiger partial charge in [0.25, 0.3) is 0 Å². The van der Waals surface area contributed by atoms with E-state index >= 15 is 0 Å². The number of rotatable bonds is 3. The normalized spacial score (nSPS) is 10.9. The van der Waals surface area contributed by atoms with Crippen LogP contribution in [0.15, 0.2) is 41.3 Å². The molecule has 5 N–H and O–H groups in total. The summed E-state index contributed by atoms with van der Waals surface area (Å²) in [6, 6.07) is 9.59. The highest BCUT2D eigenvalue weighted by molar-refractivity contribution is 7.89. The summed E-state index contributed by atoms with van der Waals surface area (Å²) in [5.74, 6) is -0.689. The van der Waals surface area contributed by atoms with Gasteiger partial charge < -0.3 is 11.1 Å². The van der Waals surface area contributed by atoms with E-state index in [1.54, 1.807) is 6.07 Å². The largest absolute Gasteiger partial charge is 0.399 e. The lowest BCUT2D eigenvalue weighted by Gasteiger charge is -2.12. The molecule has 0 unspecified atom stereocenters. The van der Waals surface area contributed by atoms with Crippen molar-refractivity contribution in [2.45, 2.75) is 4.90 Å². The molecule has 0 spiro atoms. The number of hydrogen-bond donors (Lipinski definition) is 3. The summed E-state index contributed by atoms with van der Waals surface area (Å²) in [5, 5.41) is 16.4. The molecule has 0 aliphatic heterocycles. The monoisotopic (exact) mass is 306 g/mol. The summed E-state index contributed by atoms with van der Waals surface area (Å²) < 4.78 is 36.9. The van der Waals surface area contributed by atoms with E-state index in [4.69, 9.17) is 16.1 Å². The Labute approximate surface area is 120 Å². The van der Waals surface area contributed by atoms with Gasteiger partial charge in [0.1, 0.15) is 10.7 Å². The van der Waals surface area contributed by atoms with Gasteiger partial charge >= 0.3 is 0 Å². The highest BCUT2D eigenvalue weighted by Crippen LogP contribution is 2.27. The second-order valence-electron chi connectivity index (χ2n) is 4.23. The SMILES string of the molecule is N#Cc1ccc(Nc2ccc(N)cc2S(N)(=O)=O)c(F)c1. The van der Waals surface area contributed by atoms with E-state index in [9.17, 15) is 12.8 Å². The third kappa shape index (κ3) is 3.28. The van der Waals surface area contributed by atoms with Gasteiger partial charge in [0.05, 0.1) is 23.0 Å². The topological polar surface area (TPSA) is 122 Å². The van der Waals surface area contributed by atoms with Gasteiger partial charge in [-0.3, -0.25) is 0 Å². The number of nitriles is 1. The van der Waals surface area contributed by atoms with Crippen molar-refractivity contribution in [1.29, 1.82) is 5.26 Å². The lowest BCUT2D eigenvalue weighted by Crippen LogP contribution is -2.14. The molecule has 21 heavy (non-hydrogen) atoms. The summed E-state index contributed by atoms with van der Waals surface area (Å²) >= 11 is 0. The van der Waals surface area contributed by atoms with Crippen LogP contribution in [0.3, 0.4) is 0 Å². The number of nitrogens with zero attached hydrogens (tertiary/aromatic N) is 1. The maximum Gasteiger partial charge on any atom is 0.240 e. The van der Waals surface area contributed by atoms with Crippen molar-refractivity contribution in [3.8, 4) is 6.07 Å². The molecule has 0 bridgehead atoms. The van der Waals surface area contributed by atoms with Crippen molar-refractivity contribution in [2.75, 3.05) is 11.1 Å². The number of hydrogen-bond acceptors (Lipinski definition) is 5. The molecule has 0 saturated heterocycles. The number of sulfonamides is 1. The van der Waals surface area contributed by atoms with E-state index in [1.165, 1.54) is 30.3 Å². The van der Waals surface area contributed by atoms with Crippen LogP contribution in [-0.4, -0.2) is 8.42 Å². The van der Waals surface area contributed by atoms with Crippen LogP contribution in [0.25, 0.3) is 0 Å². The minimum Gasteiger partial charge on any atom is -0.399 e. The van der Waals surface area contributed by atoms with Crippen molar-refractivity contribution >= 4 is 27.1 Å². The standard InChI is InChI=1S/C13H11FN4O2S/c14-10-5-8(7-15)1-3-11(10)18-12-4-2-9(16)6-13(12)21(17,19)20/h1-6,18H,16H2,(H2,17,19,20). The highest BCUT2D eigenvalue weighted by atomic mass is 32.2. The first-order valence-corrected chi connectivity index (χ1v) is 7.25. The Hall–Kier alpha value is -2.63. The molecule has 0 heterocycles. The Morgan fingerprint density at radius 2 is 1.81 bits per heavy atom. The first kappa shape index (κ1) is 14.8. The van der Waals surface area contributed by atoms with Gasteiger partial charge in [-0.2, -0.15) is 5.26 Å². The maximum absolute atomic E-state index is 13.8. The van der Waals surface area contributed by atoms with Crippen molar-refractivity contribution < 1.29 is 12.8 Å². The number of primary sulfonamides is 1. The lowest BCUT2D eigenvalue weighted by atomic mass is 10.2. The van der Waals surface area contributed by atoms with Crippen molar-refractivity contribution in [3.63, 3.8) is 0 Å². The molecule has 0 radical (unpaired) electrons. The minimum absolute atomic E-state index is 0.0173. The summed E-state index contributed by atoms with van der Waals surface area (Å²) in [4.78, 5) is -0.244. The van der Waals surface area contributed by atoms with Gasteiger partial charge in [0.15, 0.2) is 0 Å². The Kier molecular flexibility index (Phi) is 3.80. The molecule has 2 rings (SSSR count). The van der Waals surface area contributed by atoms with Crippen molar-refractivity contribution in [2.24, 2.45) is 5.14 Å². The Bertz CT molecular complexity index is 844. The summed E-state index contributed by atoms with van der Waals surface area (Å²) in [7, 11) is -4.02. The number of nitrogen functional groups attached to an aromatic ring is 1. The Morgan fingerprint density at radius 1 is 1.14 bits per heavy atom. The van der Waals surface area contributed by atoms with E-state index in [0.717, 1.165) is 6.07 Å². The van der Waals surface area contributed by atoms with Crippen LogP contribution < -0.4 is 16.2 Å². The molecule has 108 valence electrons. The van der Waals surface area contributed by atoms with Gasteiger partial charge in [0, 0.05) is 5.69 Å². The molecule has 2 aromatic carbocycles. The van der Waals surface area contributed by atoms with Gasteiger partial charge in [-0.25, -0.2) is 17.9 Å². The van der Waals surface area contributed by atoms with Crippen LogP contribution in [0.5, 0.6) is 0 Å². The second-order valence-corrected chi connectivity index (χ2v) is 5.76. The molecule has 0 atom stereocenters. The van der Waals surface area contributed by atoms with E-state index in [2.05, 4.69) is 5.32 Å². The fourth-order valence-corrected chi connectivity index (χ4v) is 2.43. The van der Waals surface area contributed by atoms with Crippen LogP contribution >= 0.6 is 0 Å². The van der Waals surface area contributed by atoms with Crippen LogP contribution in [-0.2, 0) is 10.0 Å². The predicted molar refractivity (Wildman–Crippen MR) is 76.6 cm³/mol. The van der Waals surface area contributed by atoms with E-state index in [0.29, 0.717) is 0 Å². The molecule has 0 aromatic heterocycles. The zero-order chi connectivity index (χ0) is 15.6. The Morgan fingerprint density at radius 3 is 2.38 bits per heavy atom. The third-order valence-corrected chi connectivity index (χ3v) is 3.63. The maximum atomic E-state index is 13.8. The molecule has 2 aromatic rings. The van der Waals surface area contributed by atoms with Crippen molar-refractivity contribution in [3.05, 3.63) is 47.8 Å². The first-order chi connectivity index (χ1) is 9.81.